The van der Waals surface area contributed by atoms with E-state index >= 15 is 0 Å². The Hall–Kier alpha value is -2.98. The van der Waals surface area contributed by atoms with Crippen molar-refractivity contribution >= 4 is 62.3 Å². The molecule has 0 bridgehead atoms. The highest BCUT2D eigenvalue weighted by atomic mass is 35.5. The lowest BCUT2D eigenvalue weighted by Crippen LogP contribution is -2.51. The molecule has 1 N–H and O–H groups in total. The molecule has 0 saturated carbocycles. The molecule has 1 atom stereocenters. The number of ether oxygens (including phenoxy) is 1. The molecular weight excluding hydrogens is 597 g/mol. The highest BCUT2D eigenvalue weighted by Gasteiger charge is 2.32. The van der Waals surface area contributed by atoms with Gasteiger partial charge in [0.15, 0.2) is 0 Å². The first-order valence-electron chi connectivity index (χ1n) is 12.5. The van der Waals surface area contributed by atoms with Crippen molar-refractivity contribution in [3.8, 4) is 5.75 Å². The van der Waals surface area contributed by atoms with Gasteiger partial charge in [-0.05, 0) is 87.0 Å². The van der Waals surface area contributed by atoms with Crippen molar-refractivity contribution in [3.05, 3.63) is 87.4 Å². The summed E-state index contributed by atoms with van der Waals surface area (Å²) in [7, 11) is -4.22. The number of hydrogen-bond donors (Lipinski definition) is 1. The predicted molar refractivity (Wildman–Crippen MR) is 159 cm³/mol. The van der Waals surface area contributed by atoms with Crippen LogP contribution in [-0.2, 0) is 26.2 Å². The van der Waals surface area contributed by atoms with Crippen molar-refractivity contribution in [2.24, 2.45) is 0 Å². The molecule has 0 aromatic heterocycles. The van der Waals surface area contributed by atoms with Crippen molar-refractivity contribution in [3.63, 3.8) is 0 Å². The van der Waals surface area contributed by atoms with Crippen LogP contribution in [0.1, 0.15) is 26.3 Å². The van der Waals surface area contributed by atoms with Crippen molar-refractivity contribution in [1.29, 1.82) is 0 Å². The molecular formula is C28H30Cl3N3O5S. The Balaban J connectivity index is 2.04. The molecule has 214 valence electrons. The number of nitrogens with zero attached hydrogens (tertiary/aromatic N) is 2. The van der Waals surface area contributed by atoms with Crippen molar-refractivity contribution in [1.82, 2.24) is 10.2 Å². The minimum Gasteiger partial charge on any atom is -0.494 e. The lowest BCUT2D eigenvalue weighted by Gasteiger charge is -2.32. The Morgan fingerprint density at radius 3 is 2.15 bits per heavy atom. The van der Waals surface area contributed by atoms with Crippen molar-refractivity contribution in [2.45, 2.75) is 38.3 Å². The molecule has 0 aliphatic rings. The molecule has 3 aromatic rings. The highest BCUT2D eigenvalue weighted by Crippen LogP contribution is 2.28. The number of anilines is 1. The van der Waals surface area contributed by atoms with Gasteiger partial charge in [-0.2, -0.15) is 0 Å². The zero-order chi connectivity index (χ0) is 29.4. The van der Waals surface area contributed by atoms with Crippen LogP contribution < -0.4 is 14.4 Å². The first kappa shape index (κ1) is 31.5. The first-order valence-corrected chi connectivity index (χ1v) is 15.1. The lowest BCUT2D eigenvalue weighted by molar-refractivity contribution is -0.139. The van der Waals surface area contributed by atoms with Crippen LogP contribution in [0.4, 0.5) is 5.69 Å². The van der Waals surface area contributed by atoms with Gasteiger partial charge in [0.1, 0.15) is 18.3 Å². The first-order chi connectivity index (χ1) is 19.0. The Bertz CT molecular complexity index is 1430. The normalized spacial score (nSPS) is 11.9. The third kappa shape index (κ3) is 7.81. The summed E-state index contributed by atoms with van der Waals surface area (Å²) in [5.74, 6) is -0.437. The number of benzene rings is 3. The fourth-order valence-electron chi connectivity index (χ4n) is 3.88. The Morgan fingerprint density at radius 2 is 1.57 bits per heavy atom. The molecule has 0 heterocycles. The molecule has 0 aliphatic carbocycles. The summed E-state index contributed by atoms with van der Waals surface area (Å²) >= 11 is 18.2. The predicted octanol–water partition coefficient (Wildman–Crippen LogP) is 5.79. The standard InChI is InChI=1S/C28H30Cl3N3O5S/c1-4-32-28(36)19(3)33(17-20-6-15-25(30)26(31)16-20)27(35)18-34(22-9-11-23(12-10-22)39-5-2)40(37,38)24-13-7-21(29)8-14-24/h6-16,19H,4-5,17-18H2,1-3H3,(H,32,36)/t19-/m0/s1. The van der Waals surface area contributed by atoms with Gasteiger partial charge in [-0.15, -0.1) is 0 Å². The smallest absolute Gasteiger partial charge is 0.264 e. The molecule has 0 unspecified atom stereocenters. The SMILES string of the molecule is CCNC(=O)[C@H](C)N(Cc1ccc(Cl)c(Cl)c1)C(=O)CN(c1ccc(OCC)cc1)S(=O)(=O)c1ccc(Cl)cc1. The monoisotopic (exact) mass is 625 g/mol. The van der Waals surface area contributed by atoms with Crippen LogP contribution in [0.15, 0.2) is 71.6 Å². The van der Waals surface area contributed by atoms with E-state index in [1.165, 1.54) is 29.2 Å². The number of halogens is 3. The molecule has 0 fully saturated rings. The average Bonchev–Trinajstić information content (AvgIpc) is 2.93. The highest BCUT2D eigenvalue weighted by molar-refractivity contribution is 7.92. The molecule has 40 heavy (non-hydrogen) atoms. The minimum absolute atomic E-state index is 0.00780. The maximum absolute atomic E-state index is 13.9. The van der Waals surface area contributed by atoms with E-state index in [4.69, 9.17) is 39.5 Å². The van der Waals surface area contributed by atoms with Gasteiger partial charge < -0.3 is 15.0 Å². The second-order valence-corrected chi connectivity index (χ2v) is 11.8. The van der Waals surface area contributed by atoms with E-state index in [0.717, 1.165) is 4.31 Å². The van der Waals surface area contributed by atoms with E-state index in [-0.39, 0.29) is 23.0 Å². The maximum atomic E-state index is 13.9. The van der Waals surface area contributed by atoms with E-state index in [0.29, 0.717) is 39.5 Å². The average molecular weight is 627 g/mol. The number of likely N-dealkylation sites (N-methyl/N-ethyl adjacent to an activating group) is 1. The van der Waals surface area contributed by atoms with Gasteiger partial charge in [-0.3, -0.25) is 13.9 Å². The summed E-state index contributed by atoms with van der Waals surface area (Å²) in [5.41, 5.74) is 0.860. The van der Waals surface area contributed by atoms with Crippen LogP contribution in [0, 0.1) is 0 Å². The zero-order valence-electron chi connectivity index (χ0n) is 22.2. The molecule has 0 radical (unpaired) electrons. The Kier molecular flexibility index (Phi) is 11.1. The number of hydrogen-bond acceptors (Lipinski definition) is 5. The number of rotatable bonds is 12. The fourth-order valence-corrected chi connectivity index (χ4v) is 5.74. The molecule has 0 saturated heterocycles. The number of amides is 2. The van der Waals surface area contributed by atoms with Crippen LogP contribution in [-0.4, -0.2) is 50.9 Å². The molecule has 0 spiro atoms. The van der Waals surface area contributed by atoms with Gasteiger partial charge in [0, 0.05) is 18.1 Å². The van der Waals surface area contributed by atoms with Gasteiger partial charge in [0.2, 0.25) is 11.8 Å². The molecule has 2 amide bonds. The second kappa shape index (κ2) is 14.1. The van der Waals surface area contributed by atoms with Crippen molar-refractivity contribution in [2.75, 3.05) is 24.0 Å². The zero-order valence-corrected chi connectivity index (χ0v) is 25.3. The summed E-state index contributed by atoms with van der Waals surface area (Å²) < 4.78 is 34.1. The van der Waals surface area contributed by atoms with Gasteiger partial charge in [0.25, 0.3) is 10.0 Å². The van der Waals surface area contributed by atoms with Crippen LogP contribution in [0.25, 0.3) is 0 Å². The molecule has 12 heteroatoms. The van der Waals surface area contributed by atoms with Crippen LogP contribution >= 0.6 is 34.8 Å². The lowest BCUT2D eigenvalue weighted by atomic mass is 10.1. The van der Waals surface area contributed by atoms with Gasteiger partial charge in [0.05, 0.1) is 27.2 Å². The fraction of sp³-hybridized carbons (Fsp3) is 0.286. The van der Waals surface area contributed by atoms with E-state index in [9.17, 15) is 18.0 Å². The van der Waals surface area contributed by atoms with Crippen LogP contribution in [0.5, 0.6) is 5.75 Å². The number of sulfonamides is 1. The van der Waals surface area contributed by atoms with E-state index in [1.807, 2.05) is 6.92 Å². The quantitative estimate of drug-likeness (QED) is 0.274. The van der Waals surface area contributed by atoms with E-state index < -0.39 is 28.5 Å². The van der Waals surface area contributed by atoms with Crippen LogP contribution in [0.3, 0.4) is 0 Å². The summed E-state index contributed by atoms with van der Waals surface area (Å²) in [6, 6.07) is 16.0. The van der Waals surface area contributed by atoms with E-state index in [2.05, 4.69) is 5.32 Å². The molecule has 0 aliphatic heterocycles. The third-order valence-electron chi connectivity index (χ3n) is 5.97. The van der Waals surface area contributed by atoms with Gasteiger partial charge in [-0.1, -0.05) is 40.9 Å². The third-order valence-corrected chi connectivity index (χ3v) is 8.75. The largest absolute Gasteiger partial charge is 0.494 e. The number of nitrogens with one attached hydrogen (secondary N) is 1. The topological polar surface area (TPSA) is 96.0 Å². The summed E-state index contributed by atoms with van der Waals surface area (Å²) in [6.07, 6.45) is 0. The summed E-state index contributed by atoms with van der Waals surface area (Å²) in [5, 5.41) is 3.71. The molecule has 8 nitrogen and oxygen atoms in total. The number of carbonyl (C=O) groups excluding carboxylic acids is 2. The van der Waals surface area contributed by atoms with Crippen LogP contribution in [0.2, 0.25) is 15.1 Å². The summed E-state index contributed by atoms with van der Waals surface area (Å²) in [6.45, 7) is 5.39. The van der Waals surface area contributed by atoms with Crippen molar-refractivity contribution < 1.29 is 22.7 Å². The van der Waals surface area contributed by atoms with E-state index in [1.54, 1.807) is 56.3 Å². The van der Waals surface area contributed by atoms with Gasteiger partial charge >= 0.3 is 0 Å². The minimum atomic E-state index is -4.22. The molecule has 3 rings (SSSR count). The summed E-state index contributed by atoms with van der Waals surface area (Å²) in [4.78, 5) is 27.9. The Morgan fingerprint density at radius 1 is 0.925 bits per heavy atom. The molecule has 3 aromatic carbocycles. The second-order valence-electron chi connectivity index (χ2n) is 8.73. The van der Waals surface area contributed by atoms with Gasteiger partial charge in [-0.25, -0.2) is 8.42 Å². The maximum Gasteiger partial charge on any atom is 0.264 e. The Labute approximate surface area is 249 Å². The number of carbonyl (C=O) groups is 2.